The maximum atomic E-state index is 11.2. The van der Waals surface area contributed by atoms with E-state index in [1.807, 2.05) is 6.92 Å². The van der Waals surface area contributed by atoms with Crippen molar-refractivity contribution in [3.63, 3.8) is 0 Å². The summed E-state index contributed by atoms with van der Waals surface area (Å²) in [6, 6.07) is 0. The second-order valence-electron chi connectivity index (χ2n) is 3.52. The van der Waals surface area contributed by atoms with E-state index in [1.54, 1.807) is 0 Å². The van der Waals surface area contributed by atoms with Gasteiger partial charge in [-0.05, 0) is 12.5 Å². The smallest absolute Gasteiger partial charge is 0.306 e. The molecule has 1 saturated heterocycles. The molecule has 2 unspecified atom stereocenters. The average Bonchev–Trinajstić information content (AvgIpc) is 2.56. The Labute approximate surface area is 78.4 Å². The minimum absolute atomic E-state index is 0.0301. The summed E-state index contributed by atoms with van der Waals surface area (Å²) in [6.07, 6.45) is 1.20. The zero-order chi connectivity index (χ0) is 9.68. The van der Waals surface area contributed by atoms with Gasteiger partial charge in [0.15, 0.2) is 0 Å². The second kappa shape index (κ2) is 5.19. The van der Waals surface area contributed by atoms with E-state index in [1.165, 1.54) is 0 Å². The predicted molar refractivity (Wildman–Crippen MR) is 48.2 cm³/mol. The maximum Gasteiger partial charge on any atom is 0.306 e. The van der Waals surface area contributed by atoms with Crippen molar-refractivity contribution in [2.75, 3.05) is 19.8 Å². The van der Waals surface area contributed by atoms with Crippen LogP contribution >= 0.6 is 0 Å². The Morgan fingerprint density at radius 3 is 3.08 bits per heavy atom. The Morgan fingerprint density at radius 1 is 1.77 bits per heavy atom. The zero-order valence-electron chi connectivity index (χ0n) is 7.99. The van der Waals surface area contributed by atoms with Crippen LogP contribution in [0.5, 0.6) is 0 Å². The van der Waals surface area contributed by atoms with E-state index in [4.69, 9.17) is 15.2 Å². The van der Waals surface area contributed by atoms with Gasteiger partial charge in [0.05, 0.1) is 13.2 Å². The lowest BCUT2D eigenvalue weighted by Crippen LogP contribution is -2.22. The van der Waals surface area contributed by atoms with Crippen molar-refractivity contribution in [2.24, 2.45) is 11.7 Å². The zero-order valence-corrected chi connectivity index (χ0v) is 7.99. The molecule has 2 atom stereocenters. The van der Waals surface area contributed by atoms with Gasteiger partial charge < -0.3 is 15.2 Å². The van der Waals surface area contributed by atoms with Crippen LogP contribution in [0.3, 0.4) is 0 Å². The Kier molecular flexibility index (Phi) is 4.18. The van der Waals surface area contributed by atoms with Gasteiger partial charge in [-0.2, -0.15) is 0 Å². The summed E-state index contributed by atoms with van der Waals surface area (Å²) in [5.74, 6) is 0.0447. The highest BCUT2D eigenvalue weighted by atomic mass is 16.6. The van der Waals surface area contributed by atoms with E-state index in [0.29, 0.717) is 26.2 Å². The number of esters is 1. The lowest BCUT2D eigenvalue weighted by atomic mass is 10.1. The maximum absolute atomic E-state index is 11.2. The molecule has 4 nitrogen and oxygen atoms in total. The van der Waals surface area contributed by atoms with Gasteiger partial charge in [-0.25, -0.2) is 0 Å². The standard InChI is InChI=1S/C9H17NO3/c1-7(5-10)4-9(11)13-8-2-3-12-6-8/h7-8H,2-6,10H2,1H3. The topological polar surface area (TPSA) is 61.6 Å². The first kappa shape index (κ1) is 10.5. The molecule has 0 aromatic carbocycles. The van der Waals surface area contributed by atoms with Crippen LogP contribution in [0.25, 0.3) is 0 Å². The molecule has 76 valence electrons. The van der Waals surface area contributed by atoms with Gasteiger partial charge in [0.2, 0.25) is 0 Å². The summed E-state index contributed by atoms with van der Waals surface area (Å²) >= 11 is 0. The van der Waals surface area contributed by atoms with Gasteiger partial charge in [0.25, 0.3) is 0 Å². The summed E-state index contributed by atoms with van der Waals surface area (Å²) in [5.41, 5.74) is 5.40. The number of nitrogens with two attached hydrogens (primary N) is 1. The molecule has 1 fully saturated rings. The van der Waals surface area contributed by atoms with E-state index in [0.717, 1.165) is 6.42 Å². The quantitative estimate of drug-likeness (QED) is 0.643. The molecule has 0 bridgehead atoms. The van der Waals surface area contributed by atoms with Crippen molar-refractivity contribution in [1.29, 1.82) is 0 Å². The molecule has 1 aliphatic rings. The van der Waals surface area contributed by atoms with Crippen LogP contribution in [-0.4, -0.2) is 31.8 Å². The first-order valence-electron chi connectivity index (χ1n) is 4.69. The largest absolute Gasteiger partial charge is 0.460 e. The fourth-order valence-corrected chi connectivity index (χ4v) is 1.21. The highest BCUT2D eigenvalue weighted by molar-refractivity contribution is 5.69. The van der Waals surface area contributed by atoms with Gasteiger partial charge in [0.1, 0.15) is 6.10 Å². The predicted octanol–water partition coefficient (Wildman–Crippen LogP) is 0.303. The number of hydrogen-bond acceptors (Lipinski definition) is 4. The van der Waals surface area contributed by atoms with Crippen molar-refractivity contribution in [3.05, 3.63) is 0 Å². The summed E-state index contributed by atoms with van der Waals surface area (Å²) in [7, 11) is 0. The van der Waals surface area contributed by atoms with Gasteiger partial charge in [-0.3, -0.25) is 4.79 Å². The molecule has 0 aromatic heterocycles. The molecule has 0 saturated carbocycles. The average molecular weight is 187 g/mol. The lowest BCUT2D eigenvalue weighted by Gasteiger charge is -2.12. The van der Waals surface area contributed by atoms with Crippen LogP contribution in [0.15, 0.2) is 0 Å². The molecule has 13 heavy (non-hydrogen) atoms. The van der Waals surface area contributed by atoms with Crippen LogP contribution in [0.2, 0.25) is 0 Å². The van der Waals surface area contributed by atoms with E-state index in [-0.39, 0.29) is 18.0 Å². The minimum atomic E-state index is -0.159. The van der Waals surface area contributed by atoms with Crippen LogP contribution in [0, 0.1) is 5.92 Å². The molecule has 1 heterocycles. The fraction of sp³-hybridized carbons (Fsp3) is 0.889. The van der Waals surface area contributed by atoms with Crippen LogP contribution in [0.4, 0.5) is 0 Å². The molecule has 0 radical (unpaired) electrons. The van der Waals surface area contributed by atoms with Gasteiger partial charge in [-0.1, -0.05) is 6.92 Å². The van der Waals surface area contributed by atoms with E-state index >= 15 is 0 Å². The van der Waals surface area contributed by atoms with Crippen LogP contribution in [-0.2, 0) is 14.3 Å². The van der Waals surface area contributed by atoms with Crippen molar-refractivity contribution in [3.8, 4) is 0 Å². The van der Waals surface area contributed by atoms with Crippen molar-refractivity contribution >= 4 is 5.97 Å². The molecular weight excluding hydrogens is 170 g/mol. The fourth-order valence-electron chi connectivity index (χ4n) is 1.21. The third kappa shape index (κ3) is 3.74. The Hall–Kier alpha value is -0.610. The summed E-state index contributed by atoms with van der Waals surface area (Å²) in [6.45, 7) is 3.70. The van der Waals surface area contributed by atoms with E-state index in [2.05, 4.69) is 0 Å². The lowest BCUT2D eigenvalue weighted by molar-refractivity contribution is -0.149. The molecule has 0 aromatic rings. The molecular formula is C9H17NO3. The van der Waals surface area contributed by atoms with E-state index < -0.39 is 0 Å². The van der Waals surface area contributed by atoms with Crippen molar-refractivity contribution in [1.82, 2.24) is 0 Å². The number of ether oxygens (including phenoxy) is 2. The Balaban J connectivity index is 2.16. The summed E-state index contributed by atoms with van der Waals surface area (Å²) in [4.78, 5) is 11.2. The molecule has 4 heteroatoms. The van der Waals surface area contributed by atoms with Crippen molar-refractivity contribution in [2.45, 2.75) is 25.9 Å². The monoisotopic (exact) mass is 187 g/mol. The highest BCUT2D eigenvalue weighted by Crippen LogP contribution is 2.10. The number of hydrogen-bond donors (Lipinski definition) is 1. The highest BCUT2D eigenvalue weighted by Gasteiger charge is 2.20. The normalized spacial score (nSPS) is 24.3. The number of rotatable bonds is 4. The summed E-state index contributed by atoms with van der Waals surface area (Å²) < 4.78 is 10.3. The van der Waals surface area contributed by atoms with Gasteiger partial charge in [-0.15, -0.1) is 0 Å². The Morgan fingerprint density at radius 2 is 2.54 bits per heavy atom. The number of carbonyl (C=O) groups excluding carboxylic acids is 1. The van der Waals surface area contributed by atoms with E-state index in [9.17, 15) is 4.79 Å². The minimum Gasteiger partial charge on any atom is -0.460 e. The third-order valence-corrected chi connectivity index (χ3v) is 2.10. The van der Waals surface area contributed by atoms with Crippen LogP contribution in [0.1, 0.15) is 19.8 Å². The second-order valence-corrected chi connectivity index (χ2v) is 3.52. The summed E-state index contributed by atoms with van der Waals surface area (Å²) in [5, 5.41) is 0. The molecule has 0 spiro atoms. The third-order valence-electron chi connectivity index (χ3n) is 2.10. The molecule has 1 aliphatic heterocycles. The first-order chi connectivity index (χ1) is 6.22. The number of carbonyl (C=O) groups is 1. The molecule has 1 rings (SSSR count). The SMILES string of the molecule is CC(CN)CC(=O)OC1CCOC1. The Bertz CT molecular complexity index is 166. The molecule has 2 N–H and O–H groups in total. The van der Waals surface area contributed by atoms with Crippen LogP contribution < -0.4 is 5.73 Å². The molecule has 0 amide bonds. The molecule has 0 aliphatic carbocycles. The first-order valence-corrected chi connectivity index (χ1v) is 4.69. The van der Waals surface area contributed by atoms with Gasteiger partial charge >= 0.3 is 5.97 Å². The van der Waals surface area contributed by atoms with Crippen molar-refractivity contribution < 1.29 is 14.3 Å². The van der Waals surface area contributed by atoms with Gasteiger partial charge in [0, 0.05) is 12.8 Å².